The van der Waals surface area contributed by atoms with Gasteiger partial charge in [-0.2, -0.15) is 0 Å². The molecule has 2 bridgehead atoms. The summed E-state index contributed by atoms with van der Waals surface area (Å²) in [6.45, 7) is 0. The van der Waals surface area contributed by atoms with E-state index in [0.29, 0.717) is 17.6 Å². The molecular formula is C13H15F2N. The maximum absolute atomic E-state index is 13.6. The molecule has 0 spiro atoms. The fraction of sp³-hybridized carbons (Fsp3) is 0.538. The molecule has 0 aliphatic carbocycles. The molecular weight excluding hydrogens is 208 g/mol. The smallest absolute Gasteiger partial charge is 0.126 e. The van der Waals surface area contributed by atoms with Crippen molar-refractivity contribution < 1.29 is 8.78 Å². The van der Waals surface area contributed by atoms with Crippen molar-refractivity contribution in [3.63, 3.8) is 0 Å². The van der Waals surface area contributed by atoms with Crippen LogP contribution < -0.4 is 5.32 Å². The lowest BCUT2D eigenvalue weighted by Gasteiger charge is -2.29. The first-order valence-corrected chi connectivity index (χ1v) is 5.93. The molecule has 1 aromatic carbocycles. The molecule has 0 saturated carbocycles. The summed E-state index contributed by atoms with van der Waals surface area (Å²) in [7, 11) is 0. The molecule has 3 rings (SSSR count). The van der Waals surface area contributed by atoms with Crippen LogP contribution in [0.15, 0.2) is 18.2 Å². The summed E-state index contributed by atoms with van der Waals surface area (Å²) < 4.78 is 26.8. The molecule has 0 radical (unpaired) electrons. The first kappa shape index (κ1) is 10.2. The van der Waals surface area contributed by atoms with E-state index < -0.39 is 0 Å². The van der Waals surface area contributed by atoms with Crippen LogP contribution in [-0.2, 0) is 0 Å². The number of hydrogen-bond donors (Lipinski definition) is 1. The summed E-state index contributed by atoms with van der Waals surface area (Å²) in [6.07, 6.45) is 4.24. The van der Waals surface area contributed by atoms with Crippen molar-refractivity contribution >= 4 is 0 Å². The van der Waals surface area contributed by atoms with E-state index in [2.05, 4.69) is 5.32 Å². The van der Waals surface area contributed by atoms with Crippen LogP contribution in [0.2, 0.25) is 0 Å². The second-order valence-electron chi connectivity index (χ2n) is 4.97. The molecule has 16 heavy (non-hydrogen) atoms. The molecule has 86 valence electrons. The Hall–Kier alpha value is -0.960. The van der Waals surface area contributed by atoms with Crippen molar-refractivity contribution in [2.24, 2.45) is 0 Å². The molecule has 0 amide bonds. The van der Waals surface area contributed by atoms with E-state index in [1.165, 1.54) is 31.0 Å². The molecule has 3 atom stereocenters. The minimum atomic E-state index is -0.331. The lowest BCUT2D eigenvalue weighted by molar-refractivity contribution is 0.355. The van der Waals surface area contributed by atoms with Crippen molar-refractivity contribution in [2.45, 2.75) is 43.7 Å². The molecule has 2 heterocycles. The summed E-state index contributed by atoms with van der Waals surface area (Å²) in [5, 5.41) is 3.51. The van der Waals surface area contributed by atoms with Crippen LogP contribution >= 0.6 is 0 Å². The first-order valence-electron chi connectivity index (χ1n) is 5.93. The SMILES string of the molecule is Fc1ccc(F)c(C2C[C@H]3CC[C@@H](C2)N3)c1. The average Bonchev–Trinajstić information content (AvgIpc) is 2.61. The third-order valence-electron chi connectivity index (χ3n) is 3.87. The van der Waals surface area contributed by atoms with Gasteiger partial charge in [-0.15, -0.1) is 0 Å². The van der Waals surface area contributed by atoms with Gasteiger partial charge in [-0.3, -0.25) is 0 Å². The number of benzene rings is 1. The van der Waals surface area contributed by atoms with Gasteiger partial charge < -0.3 is 5.32 Å². The highest BCUT2D eigenvalue weighted by Gasteiger charge is 2.35. The molecule has 1 aromatic rings. The highest BCUT2D eigenvalue weighted by atomic mass is 19.1. The van der Waals surface area contributed by atoms with Crippen LogP contribution in [0.3, 0.4) is 0 Å². The quantitative estimate of drug-likeness (QED) is 0.771. The minimum Gasteiger partial charge on any atom is -0.311 e. The van der Waals surface area contributed by atoms with Crippen LogP contribution in [0.4, 0.5) is 8.78 Å². The Labute approximate surface area is 93.9 Å². The van der Waals surface area contributed by atoms with E-state index in [4.69, 9.17) is 0 Å². The van der Waals surface area contributed by atoms with Gasteiger partial charge in [0, 0.05) is 12.1 Å². The van der Waals surface area contributed by atoms with Crippen molar-refractivity contribution in [3.05, 3.63) is 35.4 Å². The topological polar surface area (TPSA) is 12.0 Å². The van der Waals surface area contributed by atoms with Crippen LogP contribution in [0.5, 0.6) is 0 Å². The highest BCUT2D eigenvalue weighted by Crippen LogP contribution is 2.38. The van der Waals surface area contributed by atoms with E-state index in [1.54, 1.807) is 0 Å². The molecule has 2 fully saturated rings. The van der Waals surface area contributed by atoms with Gasteiger partial charge in [0.2, 0.25) is 0 Å². The second kappa shape index (κ2) is 3.81. The van der Waals surface area contributed by atoms with Gasteiger partial charge in [-0.25, -0.2) is 8.78 Å². The van der Waals surface area contributed by atoms with Gasteiger partial charge in [-0.1, -0.05) is 0 Å². The predicted molar refractivity (Wildman–Crippen MR) is 58.3 cm³/mol. The Morgan fingerprint density at radius 2 is 1.75 bits per heavy atom. The number of rotatable bonds is 1. The standard InChI is InChI=1S/C13H15F2N/c14-9-1-4-13(15)12(7-9)8-5-10-2-3-11(6-8)16-10/h1,4,7-8,10-11,16H,2-3,5-6H2/t8?,10-,11+. The van der Waals surface area contributed by atoms with Crippen LogP contribution in [0.1, 0.15) is 37.2 Å². The lowest BCUT2D eigenvalue weighted by atomic mass is 9.86. The monoisotopic (exact) mass is 223 g/mol. The van der Waals surface area contributed by atoms with Crippen LogP contribution in [-0.4, -0.2) is 12.1 Å². The summed E-state index contributed by atoms with van der Waals surface area (Å²) in [5.74, 6) is -0.399. The van der Waals surface area contributed by atoms with Gasteiger partial charge >= 0.3 is 0 Å². The third kappa shape index (κ3) is 1.73. The van der Waals surface area contributed by atoms with Crippen molar-refractivity contribution in [2.75, 3.05) is 0 Å². The van der Waals surface area contributed by atoms with Gasteiger partial charge in [0.1, 0.15) is 11.6 Å². The van der Waals surface area contributed by atoms with Crippen LogP contribution in [0, 0.1) is 11.6 Å². The summed E-state index contributed by atoms with van der Waals surface area (Å²) >= 11 is 0. The lowest BCUT2D eigenvalue weighted by Crippen LogP contribution is -2.37. The number of nitrogens with one attached hydrogen (secondary N) is 1. The molecule has 2 aliphatic rings. The number of fused-ring (bicyclic) bond motifs is 2. The summed E-state index contributed by atoms with van der Waals surface area (Å²) in [4.78, 5) is 0. The molecule has 2 aliphatic heterocycles. The van der Waals surface area contributed by atoms with Gasteiger partial charge in [0.15, 0.2) is 0 Å². The summed E-state index contributed by atoms with van der Waals surface area (Å²) in [5.41, 5.74) is 0.568. The van der Waals surface area contributed by atoms with E-state index in [1.807, 2.05) is 0 Å². The van der Waals surface area contributed by atoms with E-state index in [9.17, 15) is 8.78 Å². The van der Waals surface area contributed by atoms with E-state index in [0.717, 1.165) is 12.8 Å². The normalized spacial score (nSPS) is 33.0. The van der Waals surface area contributed by atoms with Crippen molar-refractivity contribution in [1.82, 2.24) is 5.32 Å². The Morgan fingerprint density at radius 1 is 1.06 bits per heavy atom. The second-order valence-corrected chi connectivity index (χ2v) is 4.97. The molecule has 0 aromatic heterocycles. The maximum Gasteiger partial charge on any atom is 0.126 e. The van der Waals surface area contributed by atoms with Gasteiger partial charge in [-0.05, 0) is 55.4 Å². The van der Waals surface area contributed by atoms with E-state index in [-0.39, 0.29) is 17.6 Å². The minimum absolute atomic E-state index is 0.189. The molecule has 1 N–H and O–H groups in total. The predicted octanol–water partition coefficient (Wildman–Crippen LogP) is 2.96. The molecule has 1 nitrogen and oxygen atoms in total. The zero-order valence-corrected chi connectivity index (χ0v) is 9.05. The van der Waals surface area contributed by atoms with Crippen LogP contribution in [0.25, 0.3) is 0 Å². The maximum atomic E-state index is 13.6. The zero-order valence-electron chi connectivity index (χ0n) is 9.05. The molecule has 2 saturated heterocycles. The van der Waals surface area contributed by atoms with Gasteiger partial charge in [0.05, 0.1) is 0 Å². The Morgan fingerprint density at radius 3 is 2.44 bits per heavy atom. The Bertz CT molecular complexity index is 393. The molecule has 1 unspecified atom stereocenters. The zero-order chi connectivity index (χ0) is 11.1. The fourth-order valence-corrected chi connectivity index (χ4v) is 3.14. The van der Waals surface area contributed by atoms with Crippen molar-refractivity contribution in [1.29, 1.82) is 0 Å². The fourth-order valence-electron chi connectivity index (χ4n) is 3.14. The largest absolute Gasteiger partial charge is 0.311 e. The number of piperidine rings is 1. The third-order valence-corrected chi connectivity index (χ3v) is 3.87. The first-order chi connectivity index (χ1) is 7.72. The number of hydrogen-bond acceptors (Lipinski definition) is 1. The van der Waals surface area contributed by atoms with Crippen molar-refractivity contribution in [3.8, 4) is 0 Å². The molecule has 3 heteroatoms. The Balaban J connectivity index is 1.89. The Kier molecular flexibility index (Phi) is 2.43. The van der Waals surface area contributed by atoms with E-state index >= 15 is 0 Å². The highest BCUT2D eigenvalue weighted by molar-refractivity contribution is 5.24. The number of halogens is 2. The summed E-state index contributed by atoms with van der Waals surface area (Å²) in [6, 6.07) is 4.81. The average molecular weight is 223 g/mol. The van der Waals surface area contributed by atoms with Gasteiger partial charge in [0.25, 0.3) is 0 Å².